The average molecular weight is 252 g/mol. The lowest BCUT2D eigenvalue weighted by Gasteiger charge is -1.98. The van der Waals surface area contributed by atoms with Gasteiger partial charge in [-0.3, -0.25) is 0 Å². The fourth-order valence-electron chi connectivity index (χ4n) is 0.875. The summed E-state index contributed by atoms with van der Waals surface area (Å²) in [5, 5.41) is 8.56. The molecule has 0 aromatic heterocycles. The molecule has 0 bridgehead atoms. The molecular formula is C8H9BF4N2O2. The Morgan fingerprint density at radius 2 is 1.65 bits per heavy atom. The van der Waals surface area contributed by atoms with Gasteiger partial charge in [-0.2, -0.15) is 0 Å². The van der Waals surface area contributed by atoms with Crippen molar-refractivity contribution >= 4 is 12.9 Å². The van der Waals surface area contributed by atoms with Gasteiger partial charge in [0.1, 0.15) is 5.75 Å². The molecule has 0 amide bonds. The van der Waals surface area contributed by atoms with Crippen molar-refractivity contribution < 1.29 is 26.7 Å². The zero-order chi connectivity index (χ0) is 13.5. The minimum absolute atomic E-state index is 0.358. The fraction of sp³-hybridized carbons (Fsp3) is 0.250. The molecule has 0 aliphatic rings. The molecule has 0 saturated carbocycles. The first-order chi connectivity index (χ1) is 7.81. The highest BCUT2D eigenvalue weighted by molar-refractivity contribution is 6.50. The van der Waals surface area contributed by atoms with Crippen LogP contribution in [0.5, 0.6) is 11.5 Å². The first kappa shape index (κ1) is 15.0. The molecule has 4 nitrogen and oxygen atoms in total. The second-order valence-corrected chi connectivity index (χ2v) is 2.63. The predicted molar refractivity (Wildman–Crippen MR) is 54.5 cm³/mol. The maximum atomic E-state index is 9.75. The van der Waals surface area contributed by atoms with Crippen LogP contribution in [0.3, 0.4) is 0 Å². The van der Waals surface area contributed by atoms with Crippen LogP contribution in [0.2, 0.25) is 0 Å². The molecule has 0 aliphatic carbocycles. The molecular weight excluding hydrogens is 243 g/mol. The quantitative estimate of drug-likeness (QED) is 0.459. The zero-order valence-corrected chi connectivity index (χ0v) is 9.03. The Morgan fingerprint density at radius 3 is 2.00 bits per heavy atom. The number of hydrogen-bond donors (Lipinski definition) is 0. The van der Waals surface area contributed by atoms with Crippen LogP contribution in [-0.4, -0.2) is 21.5 Å². The molecule has 0 aliphatic heterocycles. The molecule has 0 heterocycles. The molecule has 17 heavy (non-hydrogen) atoms. The van der Waals surface area contributed by atoms with Gasteiger partial charge < -0.3 is 26.7 Å². The van der Waals surface area contributed by atoms with Crippen LogP contribution >= 0.6 is 0 Å². The van der Waals surface area contributed by atoms with Crippen LogP contribution in [0.1, 0.15) is 0 Å². The fourth-order valence-corrected chi connectivity index (χ4v) is 0.875. The lowest BCUT2D eigenvalue weighted by Crippen LogP contribution is -2.02. The molecule has 0 N–H and O–H groups in total. The van der Waals surface area contributed by atoms with Crippen LogP contribution < -0.4 is 9.47 Å². The molecule has 9 heteroatoms. The monoisotopic (exact) mass is 252 g/mol. The van der Waals surface area contributed by atoms with E-state index >= 15 is 0 Å². The molecule has 94 valence electrons. The summed E-state index contributed by atoms with van der Waals surface area (Å²) in [6.07, 6.45) is 0. The zero-order valence-electron chi connectivity index (χ0n) is 9.03. The van der Waals surface area contributed by atoms with Gasteiger partial charge in [0.15, 0.2) is 4.98 Å². The minimum Gasteiger partial charge on any atom is -0.496 e. The van der Waals surface area contributed by atoms with E-state index in [0.717, 1.165) is 0 Å². The van der Waals surface area contributed by atoms with Gasteiger partial charge in [0.2, 0.25) is 11.1 Å². The van der Waals surface area contributed by atoms with E-state index in [9.17, 15) is 17.3 Å². The first-order valence-corrected chi connectivity index (χ1v) is 4.26. The van der Waals surface area contributed by atoms with E-state index in [-0.39, 0.29) is 0 Å². The number of methoxy groups -OCH3 is 2. The molecule has 0 spiro atoms. The summed E-state index contributed by atoms with van der Waals surface area (Å²) in [5.41, 5.74) is 0.358. The van der Waals surface area contributed by atoms with Crippen LogP contribution in [0.25, 0.3) is 4.98 Å². The summed E-state index contributed by atoms with van der Waals surface area (Å²) in [5.74, 6) is 1.14. The summed E-state index contributed by atoms with van der Waals surface area (Å²) in [7, 11) is -2.94. The van der Waals surface area contributed by atoms with Crippen molar-refractivity contribution in [2.24, 2.45) is 0 Å². The number of ether oxygens (including phenoxy) is 2. The van der Waals surface area contributed by atoms with E-state index in [2.05, 4.69) is 4.98 Å². The van der Waals surface area contributed by atoms with Gasteiger partial charge in [-0.05, 0) is 12.1 Å². The Labute approximate surface area is 94.9 Å². The van der Waals surface area contributed by atoms with Crippen molar-refractivity contribution in [1.29, 1.82) is 5.39 Å². The minimum atomic E-state index is -6.00. The van der Waals surface area contributed by atoms with Gasteiger partial charge in [0, 0.05) is 0 Å². The number of hydrogen-bond acceptors (Lipinski definition) is 3. The van der Waals surface area contributed by atoms with Crippen LogP contribution in [0.15, 0.2) is 18.2 Å². The molecule has 0 radical (unpaired) electrons. The van der Waals surface area contributed by atoms with Crippen molar-refractivity contribution in [1.82, 2.24) is 0 Å². The third kappa shape index (κ3) is 7.00. The van der Waals surface area contributed by atoms with Crippen molar-refractivity contribution in [3.05, 3.63) is 23.2 Å². The molecule has 0 fully saturated rings. The normalized spacial score (nSPS) is 9.71. The smallest absolute Gasteiger partial charge is 0.496 e. The highest BCUT2D eigenvalue weighted by Gasteiger charge is 2.20. The second-order valence-electron chi connectivity index (χ2n) is 2.63. The number of nitrogens with zero attached hydrogens (tertiary/aromatic N) is 2. The van der Waals surface area contributed by atoms with E-state index in [1.165, 1.54) is 7.11 Å². The highest BCUT2D eigenvalue weighted by atomic mass is 19.5. The summed E-state index contributed by atoms with van der Waals surface area (Å²) in [6.45, 7) is 0. The standard InChI is InChI=1S/C8H9N2O2.BF4/c1-11-6-3-4-8(12-2)7(5-6)10-9;2-1(3,4)5/h3-5H,1-2H3;/q+1;-1. The van der Waals surface area contributed by atoms with E-state index in [1.54, 1.807) is 25.3 Å². The van der Waals surface area contributed by atoms with E-state index < -0.39 is 7.25 Å². The van der Waals surface area contributed by atoms with Gasteiger partial charge in [-0.15, -0.1) is 0 Å². The summed E-state index contributed by atoms with van der Waals surface area (Å²) in [6, 6.07) is 4.99. The molecule has 0 unspecified atom stereocenters. The van der Waals surface area contributed by atoms with Gasteiger partial charge in [-0.1, -0.05) is 0 Å². The van der Waals surface area contributed by atoms with Crippen molar-refractivity contribution in [2.75, 3.05) is 14.2 Å². The van der Waals surface area contributed by atoms with Gasteiger partial charge in [0.05, 0.1) is 20.3 Å². The Balaban J connectivity index is 0.000000437. The predicted octanol–water partition coefficient (Wildman–Crippen LogP) is 3.49. The lowest BCUT2D eigenvalue weighted by molar-refractivity contribution is 0.368. The number of diazo groups is 1. The maximum absolute atomic E-state index is 9.75. The molecule has 0 saturated heterocycles. The van der Waals surface area contributed by atoms with E-state index in [4.69, 9.17) is 14.9 Å². The van der Waals surface area contributed by atoms with Crippen molar-refractivity contribution in [3.8, 4) is 11.5 Å². The Hall–Kier alpha value is -1.98. The summed E-state index contributed by atoms with van der Waals surface area (Å²) >= 11 is 0. The first-order valence-electron chi connectivity index (χ1n) is 4.26. The number of halogens is 4. The Bertz CT molecular complexity index is 399. The second kappa shape index (κ2) is 6.57. The lowest BCUT2D eigenvalue weighted by atomic mass is 10.3. The highest BCUT2D eigenvalue weighted by Crippen LogP contribution is 2.30. The molecule has 1 aromatic carbocycles. The van der Waals surface area contributed by atoms with Crippen LogP contribution in [0, 0.1) is 5.39 Å². The topological polar surface area (TPSA) is 46.6 Å². The molecule has 1 rings (SSSR count). The van der Waals surface area contributed by atoms with Gasteiger partial charge >= 0.3 is 12.9 Å². The third-order valence-electron chi connectivity index (χ3n) is 1.49. The van der Waals surface area contributed by atoms with Crippen molar-refractivity contribution in [2.45, 2.75) is 0 Å². The van der Waals surface area contributed by atoms with E-state index in [1.807, 2.05) is 0 Å². The average Bonchev–Trinajstić information content (AvgIpc) is 2.25. The number of rotatable bonds is 2. The van der Waals surface area contributed by atoms with Crippen LogP contribution in [-0.2, 0) is 0 Å². The maximum Gasteiger partial charge on any atom is 0.673 e. The summed E-state index contributed by atoms with van der Waals surface area (Å²) < 4.78 is 48.9. The summed E-state index contributed by atoms with van der Waals surface area (Å²) in [4.78, 5) is 3.04. The molecule has 0 atom stereocenters. The Kier molecular flexibility index (Phi) is 5.81. The van der Waals surface area contributed by atoms with Gasteiger partial charge in [0.25, 0.3) is 0 Å². The molecule has 1 aromatic rings. The van der Waals surface area contributed by atoms with Gasteiger partial charge in [-0.25, -0.2) is 0 Å². The van der Waals surface area contributed by atoms with Crippen LogP contribution in [0.4, 0.5) is 23.0 Å². The largest absolute Gasteiger partial charge is 0.673 e. The van der Waals surface area contributed by atoms with Crippen molar-refractivity contribution in [3.63, 3.8) is 0 Å². The SMILES string of the molecule is COc1ccc(OC)c([N+]#N)c1.F[B-](F)(F)F. The Morgan fingerprint density at radius 1 is 1.12 bits per heavy atom. The third-order valence-corrected chi connectivity index (χ3v) is 1.49. The van der Waals surface area contributed by atoms with E-state index in [0.29, 0.717) is 17.2 Å². The number of benzene rings is 1.